The van der Waals surface area contributed by atoms with E-state index in [4.69, 9.17) is 9.47 Å². The fraction of sp³-hybridized carbons (Fsp3) is 0.316. The second-order valence-electron chi connectivity index (χ2n) is 6.21. The molecule has 1 atom stereocenters. The highest BCUT2D eigenvalue weighted by atomic mass is 16.7. The van der Waals surface area contributed by atoms with E-state index in [0.717, 1.165) is 29.2 Å². The van der Waals surface area contributed by atoms with E-state index >= 15 is 0 Å². The predicted molar refractivity (Wildman–Crippen MR) is 95.0 cm³/mol. The van der Waals surface area contributed by atoms with Crippen LogP contribution in [0.15, 0.2) is 42.9 Å². The standard InChI is InChI=1S/C19H20N4O3/c1-2-14(15-11-23-9-3-8-20-19(23)22-15)21-18(24)7-5-13-4-6-16-17(10-13)26-12-25-16/h3-4,6,8-11,14H,2,5,7,12H2,1H3,(H,21,24). The Balaban J connectivity index is 1.38. The van der Waals surface area contributed by atoms with Crippen molar-refractivity contribution in [1.29, 1.82) is 0 Å². The molecule has 2 aromatic heterocycles. The first-order valence-electron chi connectivity index (χ1n) is 8.70. The minimum Gasteiger partial charge on any atom is -0.454 e. The van der Waals surface area contributed by atoms with Gasteiger partial charge in [-0.3, -0.25) is 9.20 Å². The summed E-state index contributed by atoms with van der Waals surface area (Å²) in [6, 6.07) is 7.50. The number of aromatic nitrogens is 3. The van der Waals surface area contributed by atoms with E-state index in [9.17, 15) is 4.79 Å². The molecule has 3 aromatic rings. The summed E-state index contributed by atoms with van der Waals surface area (Å²) in [5.74, 6) is 2.13. The minimum atomic E-state index is -0.124. The van der Waals surface area contributed by atoms with Crippen molar-refractivity contribution in [2.75, 3.05) is 6.79 Å². The van der Waals surface area contributed by atoms with Crippen LogP contribution in [0.3, 0.4) is 0 Å². The van der Waals surface area contributed by atoms with Gasteiger partial charge in [0.05, 0.1) is 11.7 Å². The highest BCUT2D eigenvalue weighted by Gasteiger charge is 2.17. The molecule has 4 rings (SSSR count). The molecule has 0 bridgehead atoms. The maximum atomic E-state index is 12.4. The molecule has 0 saturated carbocycles. The Morgan fingerprint density at radius 2 is 2.23 bits per heavy atom. The van der Waals surface area contributed by atoms with E-state index in [0.29, 0.717) is 18.6 Å². The van der Waals surface area contributed by atoms with Gasteiger partial charge in [-0.1, -0.05) is 13.0 Å². The number of benzene rings is 1. The number of fused-ring (bicyclic) bond motifs is 2. The molecule has 1 N–H and O–H groups in total. The molecule has 0 saturated heterocycles. The molecular weight excluding hydrogens is 332 g/mol. The van der Waals surface area contributed by atoms with Crippen molar-refractivity contribution >= 4 is 11.7 Å². The number of ether oxygens (including phenoxy) is 2. The Labute approximate surface area is 151 Å². The number of hydrogen-bond acceptors (Lipinski definition) is 5. The third kappa shape index (κ3) is 3.33. The number of amides is 1. The average molecular weight is 352 g/mol. The molecule has 1 amide bonds. The zero-order valence-corrected chi connectivity index (χ0v) is 14.5. The van der Waals surface area contributed by atoms with E-state index in [1.807, 2.05) is 48.0 Å². The molecule has 1 aliphatic heterocycles. The first kappa shape index (κ1) is 16.4. The Morgan fingerprint density at radius 3 is 3.08 bits per heavy atom. The number of nitrogens with one attached hydrogen (secondary N) is 1. The van der Waals surface area contributed by atoms with Gasteiger partial charge < -0.3 is 14.8 Å². The molecule has 7 nitrogen and oxygen atoms in total. The van der Waals surface area contributed by atoms with E-state index in [1.54, 1.807) is 6.20 Å². The second kappa shape index (κ2) is 7.03. The SMILES string of the molecule is CCC(NC(=O)CCc1ccc2c(c1)OCO2)c1cn2cccnc2n1. The predicted octanol–water partition coefficient (Wildman–Crippen LogP) is 2.66. The van der Waals surface area contributed by atoms with Crippen LogP contribution in [0.4, 0.5) is 0 Å². The third-order valence-corrected chi connectivity index (χ3v) is 4.43. The normalized spacial score (nSPS) is 13.7. The Kier molecular flexibility index (Phi) is 4.43. The maximum Gasteiger partial charge on any atom is 0.233 e. The molecule has 26 heavy (non-hydrogen) atoms. The number of nitrogens with zero attached hydrogens (tertiary/aromatic N) is 3. The molecule has 0 aliphatic carbocycles. The molecule has 134 valence electrons. The van der Waals surface area contributed by atoms with Crippen LogP contribution in [0.2, 0.25) is 0 Å². The summed E-state index contributed by atoms with van der Waals surface area (Å²) in [5, 5.41) is 3.07. The summed E-state index contributed by atoms with van der Waals surface area (Å²) in [6.45, 7) is 2.28. The van der Waals surface area contributed by atoms with Crippen molar-refractivity contribution in [1.82, 2.24) is 19.7 Å². The van der Waals surface area contributed by atoms with Crippen LogP contribution in [0.1, 0.15) is 37.1 Å². The largest absolute Gasteiger partial charge is 0.454 e. The van der Waals surface area contributed by atoms with Gasteiger partial charge in [0.1, 0.15) is 0 Å². The number of hydrogen-bond donors (Lipinski definition) is 1. The molecule has 1 unspecified atom stereocenters. The first-order valence-corrected chi connectivity index (χ1v) is 8.70. The number of imidazole rings is 1. The monoisotopic (exact) mass is 352 g/mol. The fourth-order valence-corrected chi connectivity index (χ4v) is 3.02. The Hall–Kier alpha value is -3.09. The van der Waals surface area contributed by atoms with Crippen molar-refractivity contribution in [3.63, 3.8) is 0 Å². The summed E-state index contributed by atoms with van der Waals surface area (Å²) in [4.78, 5) is 21.1. The maximum absolute atomic E-state index is 12.4. The summed E-state index contributed by atoms with van der Waals surface area (Å²) < 4.78 is 12.5. The molecule has 0 radical (unpaired) electrons. The van der Waals surface area contributed by atoms with Crippen LogP contribution in [0.5, 0.6) is 11.5 Å². The fourth-order valence-electron chi connectivity index (χ4n) is 3.02. The van der Waals surface area contributed by atoms with Crippen molar-refractivity contribution in [3.05, 3.63) is 54.1 Å². The number of aryl methyl sites for hydroxylation is 1. The number of carbonyl (C=O) groups excluding carboxylic acids is 1. The van der Waals surface area contributed by atoms with Crippen LogP contribution >= 0.6 is 0 Å². The lowest BCUT2D eigenvalue weighted by molar-refractivity contribution is -0.121. The lowest BCUT2D eigenvalue weighted by Gasteiger charge is -2.14. The van der Waals surface area contributed by atoms with Gasteiger partial charge in [-0.05, 0) is 36.6 Å². The highest BCUT2D eigenvalue weighted by molar-refractivity contribution is 5.76. The van der Waals surface area contributed by atoms with Crippen molar-refractivity contribution in [2.24, 2.45) is 0 Å². The lowest BCUT2D eigenvalue weighted by atomic mass is 10.1. The molecule has 7 heteroatoms. The van der Waals surface area contributed by atoms with Crippen LogP contribution < -0.4 is 14.8 Å². The lowest BCUT2D eigenvalue weighted by Crippen LogP contribution is -2.28. The van der Waals surface area contributed by atoms with E-state index in [2.05, 4.69) is 15.3 Å². The summed E-state index contributed by atoms with van der Waals surface area (Å²) in [7, 11) is 0. The van der Waals surface area contributed by atoms with Crippen molar-refractivity contribution in [3.8, 4) is 11.5 Å². The van der Waals surface area contributed by atoms with Crippen LogP contribution in [0.25, 0.3) is 5.78 Å². The first-order chi connectivity index (χ1) is 12.7. The van der Waals surface area contributed by atoms with E-state index in [1.165, 1.54) is 0 Å². The van der Waals surface area contributed by atoms with Gasteiger partial charge in [0.25, 0.3) is 0 Å². The van der Waals surface area contributed by atoms with Gasteiger partial charge in [-0.25, -0.2) is 9.97 Å². The van der Waals surface area contributed by atoms with Gasteiger partial charge in [-0.15, -0.1) is 0 Å². The quantitative estimate of drug-likeness (QED) is 0.738. The van der Waals surface area contributed by atoms with E-state index < -0.39 is 0 Å². The number of carbonyl (C=O) groups is 1. The average Bonchev–Trinajstić information content (AvgIpc) is 3.30. The molecule has 3 heterocycles. The topological polar surface area (TPSA) is 77.8 Å². The third-order valence-electron chi connectivity index (χ3n) is 4.43. The van der Waals surface area contributed by atoms with Gasteiger partial charge in [0, 0.05) is 25.0 Å². The Bertz CT molecular complexity index is 904. The van der Waals surface area contributed by atoms with Gasteiger partial charge >= 0.3 is 0 Å². The van der Waals surface area contributed by atoms with Crippen molar-refractivity contribution in [2.45, 2.75) is 32.2 Å². The van der Waals surface area contributed by atoms with Crippen LogP contribution in [0, 0.1) is 0 Å². The van der Waals surface area contributed by atoms with E-state index in [-0.39, 0.29) is 18.7 Å². The summed E-state index contributed by atoms with van der Waals surface area (Å²) >= 11 is 0. The van der Waals surface area contributed by atoms with Crippen LogP contribution in [-0.2, 0) is 11.2 Å². The van der Waals surface area contributed by atoms with Crippen LogP contribution in [-0.4, -0.2) is 27.1 Å². The smallest absolute Gasteiger partial charge is 0.233 e. The van der Waals surface area contributed by atoms with Gasteiger partial charge in [0.2, 0.25) is 18.5 Å². The molecule has 0 fully saturated rings. The minimum absolute atomic E-state index is 0.000433. The van der Waals surface area contributed by atoms with Gasteiger partial charge in [-0.2, -0.15) is 0 Å². The molecular formula is C19H20N4O3. The molecule has 1 aromatic carbocycles. The van der Waals surface area contributed by atoms with Gasteiger partial charge in [0.15, 0.2) is 11.5 Å². The summed E-state index contributed by atoms with van der Waals surface area (Å²) in [6.07, 6.45) is 7.33. The zero-order valence-electron chi connectivity index (χ0n) is 14.5. The number of rotatable bonds is 6. The second-order valence-corrected chi connectivity index (χ2v) is 6.21. The Morgan fingerprint density at radius 1 is 1.35 bits per heavy atom. The zero-order chi connectivity index (χ0) is 17.9. The molecule has 1 aliphatic rings. The van der Waals surface area contributed by atoms with Crippen molar-refractivity contribution < 1.29 is 14.3 Å². The highest BCUT2D eigenvalue weighted by Crippen LogP contribution is 2.32. The molecule has 0 spiro atoms. The summed E-state index contributed by atoms with van der Waals surface area (Å²) in [5.41, 5.74) is 1.87.